The van der Waals surface area contributed by atoms with E-state index in [1.54, 1.807) is 18.4 Å². The Balaban J connectivity index is 0.00000280. The molecule has 0 spiro atoms. The molecular weight excluding hydrogens is 481 g/mol. The predicted octanol–water partition coefficient (Wildman–Crippen LogP) is 4.95. The van der Waals surface area contributed by atoms with Crippen molar-refractivity contribution >= 4 is 41.3 Å². The fraction of sp³-hybridized carbons (Fsp3) is 0.227. The maximum Gasteiger partial charge on any atom is 0.191 e. The lowest BCUT2D eigenvalue weighted by atomic mass is 10.1. The molecule has 148 valence electrons. The number of benzene rings is 2. The largest absolute Gasteiger partial charge is 0.372 e. The maximum absolute atomic E-state index is 5.90. The van der Waals surface area contributed by atoms with Gasteiger partial charge >= 0.3 is 0 Å². The topological polar surface area (TPSA) is 45.7 Å². The molecule has 3 aromatic rings. The van der Waals surface area contributed by atoms with Crippen LogP contribution in [0.15, 0.2) is 76.4 Å². The number of hydrogen-bond acceptors (Lipinski definition) is 3. The number of ether oxygens (including phenoxy) is 1. The Labute approximate surface area is 188 Å². The van der Waals surface area contributed by atoms with Crippen LogP contribution in [0.4, 0.5) is 0 Å². The molecule has 0 aliphatic carbocycles. The number of rotatable bonds is 8. The summed E-state index contributed by atoms with van der Waals surface area (Å²) in [5, 5.41) is 10.9. The van der Waals surface area contributed by atoms with Gasteiger partial charge in [-0.25, -0.2) is 0 Å². The molecule has 0 saturated carbocycles. The van der Waals surface area contributed by atoms with Crippen molar-refractivity contribution < 1.29 is 4.74 Å². The van der Waals surface area contributed by atoms with Gasteiger partial charge in [-0.05, 0) is 39.1 Å². The Hall–Kier alpha value is -1.90. The van der Waals surface area contributed by atoms with Crippen molar-refractivity contribution in [2.45, 2.75) is 26.3 Å². The van der Waals surface area contributed by atoms with E-state index in [2.05, 4.69) is 62.8 Å². The molecule has 2 N–H and O–H groups in total. The highest BCUT2D eigenvalue weighted by atomic mass is 127. The molecule has 0 bridgehead atoms. The van der Waals surface area contributed by atoms with Crippen molar-refractivity contribution in [2.75, 3.05) is 7.05 Å². The first-order valence-electron chi connectivity index (χ1n) is 8.99. The van der Waals surface area contributed by atoms with Gasteiger partial charge in [-0.2, -0.15) is 11.3 Å². The molecule has 6 heteroatoms. The molecule has 0 amide bonds. The van der Waals surface area contributed by atoms with Crippen LogP contribution in [0.1, 0.15) is 22.3 Å². The summed E-state index contributed by atoms with van der Waals surface area (Å²) in [6.45, 7) is 2.68. The third-order valence-electron chi connectivity index (χ3n) is 4.20. The average Bonchev–Trinajstić information content (AvgIpc) is 3.23. The zero-order chi connectivity index (χ0) is 18.7. The first kappa shape index (κ1) is 22.4. The van der Waals surface area contributed by atoms with Crippen molar-refractivity contribution in [3.8, 4) is 0 Å². The Morgan fingerprint density at radius 2 is 1.57 bits per heavy atom. The Kier molecular flexibility index (Phi) is 10.0. The summed E-state index contributed by atoms with van der Waals surface area (Å²) in [4.78, 5) is 4.30. The molecule has 3 rings (SSSR count). The number of nitrogens with zero attached hydrogens (tertiary/aromatic N) is 1. The smallest absolute Gasteiger partial charge is 0.191 e. The van der Waals surface area contributed by atoms with Gasteiger partial charge in [0.2, 0.25) is 0 Å². The number of guanidine groups is 1. The van der Waals surface area contributed by atoms with Crippen LogP contribution >= 0.6 is 35.3 Å². The Bertz CT molecular complexity index is 838. The van der Waals surface area contributed by atoms with Crippen molar-refractivity contribution in [3.05, 3.63) is 93.7 Å². The van der Waals surface area contributed by atoms with E-state index in [-0.39, 0.29) is 24.0 Å². The van der Waals surface area contributed by atoms with E-state index in [1.807, 2.05) is 24.3 Å². The molecule has 0 unspecified atom stereocenters. The summed E-state index contributed by atoms with van der Waals surface area (Å²) in [6.07, 6.45) is 0. The van der Waals surface area contributed by atoms with Crippen LogP contribution in [0.3, 0.4) is 0 Å². The molecule has 0 saturated heterocycles. The summed E-state index contributed by atoms with van der Waals surface area (Å²) >= 11 is 1.70. The van der Waals surface area contributed by atoms with Gasteiger partial charge in [-0.3, -0.25) is 4.99 Å². The van der Waals surface area contributed by atoms with Crippen molar-refractivity contribution in [1.29, 1.82) is 0 Å². The summed E-state index contributed by atoms with van der Waals surface area (Å²) in [5.74, 6) is 0.793. The van der Waals surface area contributed by atoms with Gasteiger partial charge in [0.1, 0.15) is 0 Å². The van der Waals surface area contributed by atoms with E-state index in [0.717, 1.165) is 12.5 Å². The second kappa shape index (κ2) is 12.5. The number of halogens is 1. The minimum Gasteiger partial charge on any atom is -0.372 e. The van der Waals surface area contributed by atoms with Gasteiger partial charge in [0.25, 0.3) is 0 Å². The fourth-order valence-electron chi connectivity index (χ4n) is 2.70. The molecular formula is C22H26IN3OS. The van der Waals surface area contributed by atoms with Crippen molar-refractivity contribution in [3.63, 3.8) is 0 Å². The molecule has 0 aliphatic rings. The average molecular weight is 507 g/mol. The molecule has 4 nitrogen and oxygen atoms in total. The van der Waals surface area contributed by atoms with Crippen LogP contribution in [0.25, 0.3) is 0 Å². The summed E-state index contributed by atoms with van der Waals surface area (Å²) in [6, 6.07) is 20.7. The van der Waals surface area contributed by atoms with Crippen LogP contribution < -0.4 is 10.6 Å². The van der Waals surface area contributed by atoms with E-state index < -0.39 is 0 Å². The van der Waals surface area contributed by atoms with Crippen LogP contribution in [0.5, 0.6) is 0 Å². The summed E-state index contributed by atoms with van der Waals surface area (Å²) in [5.41, 5.74) is 4.85. The number of aliphatic imine (C=N–C) groups is 1. The Morgan fingerprint density at radius 1 is 0.857 bits per heavy atom. The molecule has 1 heterocycles. The monoisotopic (exact) mass is 507 g/mol. The molecule has 1 aromatic heterocycles. The molecule has 0 atom stereocenters. The third kappa shape index (κ3) is 7.26. The van der Waals surface area contributed by atoms with Gasteiger partial charge in [-0.15, -0.1) is 24.0 Å². The molecule has 0 fully saturated rings. The van der Waals surface area contributed by atoms with Crippen molar-refractivity contribution in [1.82, 2.24) is 10.6 Å². The van der Waals surface area contributed by atoms with E-state index in [4.69, 9.17) is 4.74 Å². The quantitative estimate of drug-likeness (QED) is 0.258. The summed E-state index contributed by atoms with van der Waals surface area (Å²) in [7, 11) is 1.79. The Morgan fingerprint density at radius 3 is 2.29 bits per heavy atom. The minimum atomic E-state index is 0. The van der Waals surface area contributed by atoms with Gasteiger partial charge in [0, 0.05) is 20.1 Å². The van der Waals surface area contributed by atoms with E-state index in [0.29, 0.717) is 19.8 Å². The number of hydrogen-bond donors (Lipinski definition) is 2. The first-order valence-corrected chi connectivity index (χ1v) is 9.93. The first-order chi connectivity index (χ1) is 13.3. The van der Waals surface area contributed by atoms with Gasteiger partial charge in [0.05, 0.1) is 13.2 Å². The zero-order valence-corrected chi connectivity index (χ0v) is 19.1. The van der Waals surface area contributed by atoms with Crippen LogP contribution in [0, 0.1) is 0 Å². The second-order valence-electron chi connectivity index (χ2n) is 6.16. The highest BCUT2D eigenvalue weighted by Gasteiger charge is 2.04. The predicted molar refractivity (Wildman–Crippen MR) is 128 cm³/mol. The lowest BCUT2D eigenvalue weighted by Crippen LogP contribution is -2.36. The van der Waals surface area contributed by atoms with Crippen molar-refractivity contribution in [2.24, 2.45) is 4.99 Å². The maximum atomic E-state index is 5.90. The van der Waals surface area contributed by atoms with E-state index in [1.165, 1.54) is 22.3 Å². The van der Waals surface area contributed by atoms with E-state index in [9.17, 15) is 0 Å². The SMILES string of the molecule is CN=C(NCc1ccsc1)NCc1ccccc1COCc1ccccc1.I. The molecule has 28 heavy (non-hydrogen) atoms. The highest BCUT2D eigenvalue weighted by Crippen LogP contribution is 2.12. The molecule has 0 aliphatic heterocycles. The van der Waals surface area contributed by atoms with Crippen LogP contribution in [0.2, 0.25) is 0 Å². The normalized spacial score (nSPS) is 11.0. The second-order valence-corrected chi connectivity index (χ2v) is 6.94. The highest BCUT2D eigenvalue weighted by molar-refractivity contribution is 14.0. The van der Waals surface area contributed by atoms with Gasteiger partial charge in [0.15, 0.2) is 5.96 Å². The van der Waals surface area contributed by atoms with Gasteiger partial charge in [-0.1, -0.05) is 54.6 Å². The minimum absolute atomic E-state index is 0. The van der Waals surface area contributed by atoms with Gasteiger partial charge < -0.3 is 15.4 Å². The van der Waals surface area contributed by atoms with E-state index >= 15 is 0 Å². The zero-order valence-electron chi connectivity index (χ0n) is 15.9. The standard InChI is InChI=1S/C22H25N3OS.HI/c1-23-22(24-13-19-11-12-27-17-19)25-14-20-9-5-6-10-21(20)16-26-15-18-7-3-2-4-8-18;/h2-12,17H,13-16H2,1H3,(H2,23,24,25);1H. The molecule has 0 radical (unpaired) electrons. The summed E-state index contributed by atoms with van der Waals surface area (Å²) < 4.78 is 5.90. The molecule has 2 aromatic carbocycles. The third-order valence-corrected chi connectivity index (χ3v) is 4.93. The van der Waals surface area contributed by atoms with Crippen LogP contribution in [-0.4, -0.2) is 13.0 Å². The van der Waals surface area contributed by atoms with Crippen LogP contribution in [-0.2, 0) is 31.0 Å². The fourth-order valence-corrected chi connectivity index (χ4v) is 3.37. The lowest BCUT2D eigenvalue weighted by molar-refractivity contribution is 0.106. The number of thiophene rings is 1. The lowest BCUT2D eigenvalue weighted by Gasteiger charge is -2.14. The number of nitrogens with one attached hydrogen (secondary N) is 2.